The van der Waals surface area contributed by atoms with Gasteiger partial charge in [0, 0.05) is 15.9 Å². The van der Waals surface area contributed by atoms with Crippen LogP contribution in [-0.2, 0) is 10.0 Å². The van der Waals surface area contributed by atoms with E-state index < -0.39 is 10.0 Å². The molecule has 0 amide bonds. The standard InChI is InChI=1S/C14H16ClNO2S2/c1-3-13(11-5-7-12(15)8-6-11)16-20(17,18)14-9-4-10(2)19-14/h4-9,13,16H,3H2,1-2H3. The predicted molar refractivity (Wildman–Crippen MR) is 83.9 cm³/mol. The average Bonchev–Trinajstić information content (AvgIpc) is 2.85. The van der Waals surface area contributed by atoms with Gasteiger partial charge in [-0.15, -0.1) is 11.3 Å². The summed E-state index contributed by atoms with van der Waals surface area (Å²) < 4.78 is 27.8. The molecule has 1 N–H and O–H groups in total. The second-order valence-electron chi connectivity index (χ2n) is 4.50. The molecular formula is C14H16ClNO2S2. The molecule has 0 saturated heterocycles. The van der Waals surface area contributed by atoms with E-state index in [4.69, 9.17) is 11.6 Å². The normalized spacial score (nSPS) is 13.3. The fraction of sp³-hybridized carbons (Fsp3) is 0.286. The third kappa shape index (κ3) is 3.61. The van der Waals surface area contributed by atoms with Gasteiger partial charge in [-0.3, -0.25) is 0 Å². The maximum atomic E-state index is 12.3. The van der Waals surface area contributed by atoms with Gasteiger partial charge in [0.1, 0.15) is 4.21 Å². The van der Waals surface area contributed by atoms with Crippen LogP contribution in [0, 0.1) is 6.92 Å². The monoisotopic (exact) mass is 329 g/mol. The van der Waals surface area contributed by atoms with E-state index in [9.17, 15) is 8.42 Å². The van der Waals surface area contributed by atoms with Crippen molar-refractivity contribution in [3.05, 3.63) is 51.9 Å². The highest BCUT2D eigenvalue weighted by molar-refractivity contribution is 7.91. The van der Waals surface area contributed by atoms with Crippen LogP contribution in [0.2, 0.25) is 5.02 Å². The summed E-state index contributed by atoms with van der Waals surface area (Å²) in [4.78, 5) is 0.977. The van der Waals surface area contributed by atoms with E-state index in [1.165, 1.54) is 11.3 Å². The van der Waals surface area contributed by atoms with Crippen LogP contribution in [0.25, 0.3) is 0 Å². The summed E-state index contributed by atoms with van der Waals surface area (Å²) in [5.74, 6) is 0. The SMILES string of the molecule is CCC(NS(=O)(=O)c1ccc(C)s1)c1ccc(Cl)cc1. The van der Waals surface area contributed by atoms with Crippen molar-refractivity contribution < 1.29 is 8.42 Å². The van der Waals surface area contributed by atoms with Gasteiger partial charge in [0.05, 0.1) is 0 Å². The number of hydrogen-bond donors (Lipinski definition) is 1. The van der Waals surface area contributed by atoms with Crippen LogP contribution < -0.4 is 4.72 Å². The fourth-order valence-corrected chi connectivity index (χ4v) is 4.62. The molecule has 20 heavy (non-hydrogen) atoms. The molecule has 1 heterocycles. The summed E-state index contributed by atoms with van der Waals surface area (Å²) in [6.07, 6.45) is 0.672. The van der Waals surface area contributed by atoms with Gasteiger partial charge in [0.2, 0.25) is 0 Å². The Bertz CT molecular complexity index is 677. The lowest BCUT2D eigenvalue weighted by molar-refractivity contribution is 0.552. The summed E-state index contributed by atoms with van der Waals surface area (Å²) in [6, 6.07) is 10.4. The van der Waals surface area contributed by atoms with Crippen LogP contribution in [0.15, 0.2) is 40.6 Å². The number of sulfonamides is 1. The van der Waals surface area contributed by atoms with Crippen molar-refractivity contribution >= 4 is 33.0 Å². The lowest BCUT2D eigenvalue weighted by Crippen LogP contribution is -2.27. The third-order valence-corrected chi connectivity index (χ3v) is 6.17. The van der Waals surface area contributed by atoms with Gasteiger partial charge in [-0.1, -0.05) is 30.7 Å². The van der Waals surface area contributed by atoms with Gasteiger partial charge in [0.25, 0.3) is 10.0 Å². The summed E-state index contributed by atoms with van der Waals surface area (Å²) in [5, 5.41) is 0.639. The van der Waals surface area contributed by atoms with Gasteiger partial charge in [-0.05, 0) is 43.2 Å². The molecule has 0 aliphatic rings. The predicted octanol–water partition coefficient (Wildman–Crippen LogP) is 4.14. The number of halogens is 1. The highest BCUT2D eigenvalue weighted by atomic mass is 35.5. The van der Waals surface area contributed by atoms with Crippen LogP contribution in [0.4, 0.5) is 0 Å². The number of nitrogens with one attached hydrogen (secondary N) is 1. The molecule has 1 unspecified atom stereocenters. The molecule has 108 valence electrons. The van der Waals surface area contributed by atoms with E-state index in [0.29, 0.717) is 15.7 Å². The first-order valence-corrected chi connectivity index (χ1v) is 8.94. The number of hydrogen-bond acceptors (Lipinski definition) is 3. The van der Waals surface area contributed by atoms with Crippen LogP contribution in [0.3, 0.4) is 0 Å². The topological polar surface area (TPSA) is 46.2 Å². The van der Waals surface area contributed by atoms with Crippen molar-refractivity contribution in [3.8, 4) is 0 Å². The van der Waals surface area contributed by atoms with E-state index in [2.05, 4.69) is 4.72 Å². The molecule has 3 nitrogen and oxygen atoms in total. The zero-order valence-corrected chi connectivity index (χ0v) is 13.6. The molecule has 2 rings (SSSR count). The second kappa shape index (κ2) is 6.26. The molecule has 0 radical (unpaired) electrons. The summed E-state index contributed by atoms with van der Waals surface area (Å²) >= 11 is 7.13. The van der Waals surface area contributed by atoms with Crippen molar-refractivity contribution in [2.45, 2.75) is 30.5 Å². The highest BCUT2D eigenvalue weighted by Crippen LogP contribution is 2.25. The third-order valence-electron chi connectivity index (χ3n) is 2.96. The Morgan fingerprint density at radius 2 is 1.85 bits per heavy atom. The Labute approximate surface area is 128 Å². The molecule has 1 aromatic carbocycles. The first-order chi connectivity index (χ1) is 9.42. The fourth-order valence-electron chi connectivity index (χ4n) is 1.88. The van der Waals surface area contributed by atoms with E-state index in [-0.39, 0.29) is 6.04 Å². The highest BCUT2D eigenvalue weighted by Gasteiger charge is 2.21. The molecule has 6 heteroatoms. The first-order valence-electron chi connectivity index (χ1n) is 6.26. The molecule has 0 spiro atoms. The summed E-state index contributed by atoms with van der Waals surface area (Å²) in [5.41, 5.74) is 0.911. The zero-order valence-electron chi connectivity index (χ0n) is 11.3. The van der Waals surface area contributed by atoms with Crippen molar-refractivity contribution in [1.82, 2.24) is 4.72 Å². The van der Waals surface area contributed by atoms with Crippen molar-refractivity contribution in [3.63, 3.8) is 0 Å². The van der Waals surface area contributed by atoms with Gasteiger partial charge in [-0.2, -0.15) is 0 Å². The lowest BCUT2D eigenvalue weighted by Gasteiger charge is -2.17. The smallest absolute Gasteiger partial charge is 0.206 e. The molecular weight excluding hydrogens is 314 g/mol. The van der Waals surface area contributed by atoms with E-state index in [0.717, 1.165) is 10.4 Å². The van der Waals surface area contributed by atoms with Crippen LogP contribution in [0.1, 0.15) is 29.8 Å². The molecule has 1 atom stereocenters. The second-order valence-corrected chi connectivity index (χ2v) is 8.16. The Morgan fingerprint density at radius 1 is 1.20 bits per heavy atom. The minimum absolute atomic E-state index is 0.250. The maximum Gasteiger partial charge on any atom is 0.250 e. The molecule has 0 fully saturated rings. The van der Waals surface area contributed by atoms with Crippen molar-refractivity contribution in [2.24, 2.45) is 0 Å². The van der Waals surface area contributed by atoms with Gasteiger partial charge in [-0.25, -0.2) is 13.1 Å². The minimum Gasteiger partial charge on any atom is -0.206 e. The molecule has 0 bridgehead atoms. The van der Waals surface area contributed by atoms with Crippen LogP contribution >= 0.6 is 22.9 Å². The van der Waals surface area contributed by atoms with Crippen molar-refractivity contribution in [1.29, 1.82) is 0 Å². The summed E-state index contributed by atoms with van der Waals surface area (Å²) in [7, 11) is -3.47. The Balaban J connectivity index is 2.24. The van der Waals surface area contributed by atoms with E-state index >= 15 is 0 Å². The van der Waals surface area contributed by atoms with Gasteiger partial charge in [0.15, 0.2) is 0 Å². The Hall–Kier alpha value is -0.880. The van der Waals surface area contributed by atoms with Crippen LogP contribution in [-0.4, -0.2) is 8.42 Å². The number of benzene rings is 1. The summed E-state index contributed by atoms with van der Waals surface area (Å²) in [6.45, 7) is 3.83. The van der Waals surface area contributed by atoms with Gasteiger partial charge >= 0.3 is 0 Å². The lowest BCUT2D eigenvalue weighted by atomic mass is 10.1. The first kappa shape index (κ1) is 15.5. The zero-order chi connectivity index (χ0) is 14.8. The molecule has 0 saturated carbocycles. The van der Waals surface area contributed by atoms with Crippen LogP contribution in [0.5, 0.6) is 0 Å². The molecule has 0 aliphatic carbocycles. The number of aryl methyl sites for hydroxylation is 1. The largest absolute Gasteiger partial charge is 0.250 e. The average molecular weight is 330 g/mol. The minimum atomic E-state index is -3.47. The Kier molecular flexibility index (Phi) is 4.86. The number of thiophene rings is 1. The number of rotatable bonds is 5. The molecule has 0 aliphatic heterocycles. The molecule has 2 aromatic rings. The maximum absolute atomic E-state index is 12.3. The Morgan fingerprint density at radius 3 is 2.35 bits per heavy atom. The van der Waals surface area contributed by atoms with Crippen molar-refractivity contribution in [2.75, 3.05) is 0 Å². The van der Waals surface area contributed by atoms with E-state index in [1.807, 2.05) is 32.0 Å². The quantitative estimate of drug-likeness (QED) is 0.896. The van der Waals surface area contributed by atoms with Gasteiger partial charge < -0.3 is 0 Å². The van der Waals surface area contributed by atoms with E-state index in [1.54, 1.807) is 18.2 Å². The molecule has 1 aromatic heterocycles.